The fourth-order valence-electron chi connectivity index (χ4n) is 2.95. The molecule has 1 fully saturated rings. The van der Waals surface area contributed by atoms with Crippen molar-refractivity contribution in [3.8, 4) is 5.69 Å². The van der Waals surface area contributed by atoms with E-state index < -0.39 is 0 Å². The number of aromatic nitrogens is 3. The predicted octanol–water partition coefficient (Wildman–Crippen LogP) is 3.14. The van der Waals surface area contributed by atoms with Gasteiger partial charge in [0.15, 0.2) is 5.65 Å². The molecule has 3 aromatic rings. The Labute approximate surface area is 123 Å². The zero-order valence-corrected chi connectivity index (χ0v) is 11.8. The lowest BCUT2D eigenvalue weighted by Gasteiger charge is -2.12. The Morgan fingerprint density at radius 1 is 1.14 bits per heavy atom. The molecule has 0 aliphatic carbocycles. The zero-order chi connectivity index (χ0) is 14.1. The van der Waals surface area contributed by atoms with Crippen LogP contribution in [0.5, 0.6) is 0 Å². The van der Waals surface area contributed by atoms with Gasteiger partial charge in [0, 0.05) is 24.9 Å². The lowest BCUT2D eigenvalue weighted by atomic mass is 10.2. The van der Waals surface area contributed by atoms with Gasteiger partial charge in [-0.05, 0) is 37.1 Å². The van der Waals surface area contributed by atoms with Crippen molar-refractivity contribution in [2.24, 2.45) is 0 Å². The molecule has 0 saturated carbocycles. The number of imidazole rings is 1. The van der Waals surface area contributed by atoms with Gasteiger partial charge in [-0.1, -0.05) is 18.2 Å². The highest BCUT2D eigenvalue weighted by atomic mass is 16.5. The van der Waals surface area contributed by atoms with Crippen LogP contribution in [-0.2, 0) is 11.2 Å². The number of nitrogens with zero attached hydrogens (tertiary/aromatic N) is 3. The molecule has 3 heterocycles. The number of rotatable bonds is 3. The number of para-hydroxylation sites is 1. The van der Waals surface area contributed by atoms with E-state index in [-0.39, 0.29) is 6.10 Å². The molecule has 4 rings (SSSR count). The van der Waals surface area contributed by atoms with Gasteiger partial charge < -0.3 is 4.74 Å². The predicted molar refractivity (Wildman–Crippen MR) is 81.5 cm³/mol. The molecule has 1 aliphatic rings. The summed E-state index contributed by atoms with van der Waals surface area (Å²) in [6.07, 6.45) is 5.20. The molecule has 2 aromatic heterocycles. The highest BCUT2D eigenvalue weighted by Gasteiger charge is 2.21. The summed E-state index contributed by atoms with van der Waals surface area (Å²) in [4.78, 5) is 9.29. The molecule has 0 N–H and O–H groups in total. The minimum absolute atomic E-state index is 0.282. The Balaban J connectivity index is 1.84. The molecular formula is C17H17N3O. The van der Waals surface area contributed by atoms with E-state index in [1.165, 1.54) is 0 Å². The average molecular weight is 279 g/mol. The lowest BCUT2D eigenvalue weighted by Crippen LogP contribution is -2.13. The van der Waals surface area contributed by atoms with Crippen molar-refractivity contribution in [1.82, 2.24) is 14.5 Å². The minimum atomic E-state index is 0.282. The van der Waals surface area contributed by atoms with E-state index in [0.29, 0.717) is 0 Å². The molecule has 4 nitrogen and oxygen atoms in total. The van der Waals surface area contributed by atoms with Gasteiger partial charge in [-0.25, -0.2) is 9.97 Å². The van der Waals surface area contributed by atoms with Crippen molar-refractivity contribution < 1.29 is 4.74 Å². The summed E-state index contributed by atoms with van der Waals surface area (Å²) in [6.45, 7) is 0.870. The highest BCUT2D eigenvalue weighted by Crippen LogP contribution is 2.23. The van der Waals surface area contributed by atoms with E-state index in [1.54, 1.807) is 0 Å². The van der Waals surface area contributed by atoms with Crippen LogP contribution in [0.15, 0.2) is 48.7 Å². The summed E-state index contributed by atoms with van der Waals surface area (Å²) in [5.74, 6) is 1.03. The summed E-state index contributed by atoms with van der Waals surface area (Å²) >= 11 is 0. The van der Waals surface area contributed by atoms with Crippen LogP contribution in [0, 0.1) is 0 Å². The van der Waals surface area contributed by atoms with Gasteiger partial charge in [0.1, 0.15) is 11.3 Å². The van der Waals surface area contributed by atoms with Gasteiger partial charge in [-0.15, -0.1) is 0 Å². The van der Waals surface area contributed by atoms with Crippen LogP contribution in [-0.4, -0.2) is 27.2 Å². The van der Waals surface area contributed by atoms with Gasteiger partial charge in [0.25, 0.3) is 0 Å². The highest BCUT2D eigenvalue weighted by molar-refractivity contribution is 5.73. The summed E-state index contributed by atoms with van der Waals surface area (Å²) in [5.41, 5.74) is 2.96. The molecule has 21 heavy (non-hydrogen) atoms. The third-order valence-electron chi connectivity index (χ3n) is 3.93. The molecule has 106 valence electrons. The Morgan fingerprint density at radius 3 is 2.86 bits per heavy atom. The minimum Gasteiger partial charge on any atom is -0.378 e. The van der Waals surface area contributed by atoms with Crippen molar-refractivity contribution in [3.63, 3.8) is 0 Å². The molecule has 0 bridgehead atoms. The summed E-state index contributed by atoms with van der Waals surface area (Å²) in [7, 11) is 0. The first-order chi connectivity index (χ1) is 10.4. The zero-order valence-electron chi connectivity index (χ0n) is 11.8. The Hall–Kier alpha value is -2.20. The number of pyridine rings is 1. The van der Waals surface area contributed by atoms with Crippen molar-refractivity contribution >= 4 is 11.2 Å². The van der Waals surface area contributed by atoms with Crippen molar-refractivity contribution in [2.45, 2.75) is 25.4 Å². The van der Waals surface area contributed by atoms with E-state index in [9.17, 15) is 0 Å². The van der Waals surface area contributed by atoms with Gasteiger partial charge in [-0.3, -0.25) is 4.57 Å². The fourth-order valence-corrected chi connectivity index (χ4v) is 2.95. The average Bonchev–Trinajstić information content (AvgIpc) is 3.15. The van der Waals surface area contributed by atoms with Crippen molar-refractivity contribution in [1.29, 1.82) is 0 Å². The lowest BCUT2D eigenvalue weighted by molar-refractivity contribution is 0.109. The monoisotopic (exact) mass is 279 g/mol. The van der Waals surface area contributed by atoms with E-state index in [1.807, 2.05) is 36.5 Å². The number of ether oxygens (including phenoxy) is 1. The molecule has 0 radical (unpaired) electrons. The number of benzene rings is 1. The van der Waals surface area contributed by atoms with Gasteiger partial charge in [0.2, 0.25) is 0 Å². The Bertz CT molecular complexity index is 745. The standard InChI is InChI=1S/C17H17N3O/c1-2-6-13(7-3-1)20-16(12-14-8-5-11-21-14)19-15-9-4-10-18-17(15)20/h1-4,6-7,9-10,14H,5,8,11-12H2. The molecule has 1 aromatic carbocycles. The van der Waals surface area contributed by atoms with Gasteiger partial charge >= 0.3 is 0 Å². The second-order valence-electron chi connectivity index (χ2n) is 5.38. The third kappa shape index (κ3) is 2.32. The molecule has 1 saturated heterocycles. The van der Waals surface area contributed by atoms with Crippen molar-refractivity contribution in [3.05, 3.63) is 54.5 Å². The van der Waals surface area contributed by atoms with Crippen LogP contribution < -0.4 is 0 Å². The Morgan fingerprint density at radius 2 is 2.05 bits per heavy atom. The first-order valence-electron chi connectivity index (χ1n) is 7.41. The maximum atomic E-state index is 5.77. The molecule has 0 amide bonds. The molecule has 1 atom stereocenters. The molecule has 1 unspecified atom stereocenters. The van der Waals surface area contributed by atoms with Crippen LogP contribution in [0.1, 0.15) is 18.7 Å². The van der Waals surface area contributed by atoms with Gasteiger partial charge in [-0.2, -0.15) is 0 Å². The first-order valence-corrected chi connectivity index (χ1v) is 7.41. The Kier molecular flexibility index (Phi) is 3.16. The van der Waals surface area contributed by atoms with Crippen LogP contribution in [0.2, 0.25) is 0 Å². The SMILES string of the molecule is c1ccc(-n2c(CC3CCCO3)nc3cccnc32)cc1. The summed E-state index contributed by atoms with van der Waals surface area (Å²) in [6, 6.07) is 14.2. The molecule has 1 aliphatic heterocycles. The third-order valence-corrected chi connectivity index (χ3v) is 3.93. The normalized spacial score (nSPS) is 18.4. The largest absolute Gasteiger partial charge is 0.378 e. The summed E-state index contributed by atoms with van der Waals surface area (Å²) in [5, 5.41) is 0. The van der Waals surface area contributed by atoms with Crippen molar-refractivity contribution in [2.75, 3.05) is 6.61 Å². The molecule has 4 heteroatoms. The topological polar surface area (TPSA) is 39.9 Å². The second kappa shape index (κ2) is 5.30. The summed E-state index contributed by atoms with van der Waals surface area (Å²) < 4.78 is 7.92. The van der Waals surface area contributed by atoms with E-state index >= 15 is 0 Å². The maximum absolute atomic E-state index is 5.77. The quantitative estimate of drug-likeness (QED) is 0.739. The van der Waals surface area contributed by atoms with E-state index in [0.717, 1.165) is 48.5 Å². The fraction of sp³-hybridized carbons (Fsp3) is 0.294. The number of hydrogen-bond acceptors (Lipinski definition) is 3. The smallest absolute Gasteiger partial charge is 0.164 e. The number of fused-ring (bicyclic) bond motifs is 1. The van der Waals surface area contributed by atoms with Gasteiger partial charge in [0.05, 0.1) is 6.10 Å². The van der Waals surface area contributed by atoms with E-state index in [4.69, 9.17) is 9.72 Å². The van der Waals surface area contributed by atoms with Crippen LogP contribution in [0.4, 0.5) is 0 Å². The maximum Gasteiger partial charge on any atom is 0.164 e. The molecular weight excluding hydrogens is 262 g/mol. The second-order valence-corrected chi connectivity index (χ2v) is 5.38. The number of hydrogen-bond donors (Lipinski definition) is 0. The molecule has 0 spiro atoms. The van der Waals surface area contributed by atoms with Crippen LogP contribution in [0.3, 0.4) is 0 Å². The van der Waals surface area contributed by atoms with E-state index in [2.05, 4.69) is 21.7 Å². The van der Waals surface area contributed by atoms with Crippen LogP contribution >= 0.6 is 0 Å². The van der Waals surface area contributed by atoms with Crippen LogP contribution in [0.25, 0.3) is 16.9 Å². The first kappa shape index (κ1) is 12.5.